The number of carbonyl (C=O) groups excluding carboxylic acids is 2. The minimum atomic E-state index is -1.32. The highest BCUT2D eigenvalue weighted by Gasteiger charge is 2.20. The molecule has 0 unspecified atom stereocenters. The first kappa shape index (κ1) is 18.2. The Labute approximate surface area is 132 Å². The second-order valence-corrected chi connectivity index (χ2v) is 4.78. The van der Waals surface area contributed by atoms with E-state index in [0.29, 0.717) is 17.7 Å². The van der Waals surface area contributed by atoms with E-state index >= 15 is 0 Å². The van der Waals surface area contributed by atoms with Crippen LogP contribution in [0.5, 0.6) is 0 Å². The predicted molar refractivity (Wildman–Crippen MR) is 82.8 cm³/mol. The van der Waals surface area contributed by atoms with Crippen LogP contribution in [-0.4, -0.2) is 40.8 Å². The summed E-state index contributed by atoms with van der Waals surface area (Å²) in [4.78, 5) is 33.5. The largest absolute Gasteiger partial charge is 0.465 e. The normalized spacial score (nSPS) is 11.3. The van der Waals surface area contributed by atoms with Gasteiger partial charge in [0.05, 0.1) is 6.61 Å². The molecule has 0 aliphatic rings. The highest BCUT2D eigenvalue weighted by molar-refractivity contribution is 5.96. The Balaban J connectivity index is 2.59. The summed E-state index contributed by atoms with van der Waals surface area (Å²) in [5, 5.41) is 24.8. The minimum Gasteiger partial charge on any atom is -0.465 e. The number of nitrogens with one attached hydrogen (secondary N) is 3. The number of urea groups is 1. The van der Waals surface area contributed by atoms with Crippen molar-refractivity contribution in [2.24, 2.45) is 5.73 Å². The number of nitrogens with two attached hydrogens (primary N) is 1. The molecule has 0 saturated heterocycles. The summed E-state index contributed by atoms with van der Waals surface area (Å²) in [5.74, 6) is -0.511. The maximum atomic E-state index is 12.1. The van der Waals surface area contributed by atoms with Gasteiger partial charge in [-0.2, -0.15) is 0 Å². The van der Waals surface area contributed by atoms with Gasteiger partial charge in [-0.05, 0) is 30.5 Å². The fourth-order valence-electron chi connectivity index (χ4n) is 1.86. The molecule has 1 rings (SSSR count). The molecule has 0 fully saturated rings. The van der Waals surface area contributed by atoms with Crippen LogP contribution in [0.2, 0.25) is 0 Å². The molecule has 1 aromatic carbocycles. The van der Waals surface area contributed by atoms with Gasteiger partial charge in [0.2, 0.25) is 5.91 Å². The lowest BCUT2D eigenvalue weighted by Crippen LogP contribution is -2.43. The number of rotatable bonds is 8. The number of carbonyl (C=O) groups is 3. The molecule has 0 spiro atoms. The van der Waals surface area contributed by atoms with Crippen molar-refractivity contribution in [2.45, 2.75) is 25.5 Å². The van der Waals surface area contributed by atoms with Crippen LogP contribution in [0.15, 0.2) is 24.3 Å². The third kappa shape index (κ3) is 7.14. The van der Waals surface area contributed by atoms with Gasteiger partial charge in [0.1, 0.15) is 6.04 Å². The number of hydrogen-bond donors (Lipinski definition) is 6. The molecule has 0 bridgehead atoms. The number of carboxylic acid groups (broad SMARTS) is 1. The molecular weight excluding hydrogens is 304 g/mol. The number of primary amides is 1. The fourth-order valence-corrected chi connectivity index (χ4v) is 1.86. The molecular formula is C14H20N4O5. The van der Waals surface area contributed by atoms with Crippen LogP contribution in [0.1, 0.15) is 18.4 Å². The summed E-state index contributed by atoms with van der Waals surface area (Å²) in [6, 6.07) is 4.87. The Morgan fingerprint density at radius 2 is 1.83 bits per heavy atom. The Hall–Kier alpha value is -2.81. The van der Waals surface area contributed by atoms with Crippen molar-refractivity contribution < 1.29 is 24.6 Å². The van der Waals surface area contributed by atoms with E-state index in [4.69, 9.17) is 15.9 Å². The van der Waals surface area contributed by atoms with Crippen LogP contribution in [0, 0.1) is 0 Å². The van der Waals surface area contributed by atoms with E-state index in [2.05, 4.69) is 16.0 Å². The molecule has 0 heterocycles. The zero-order valence-electron chi connectivity index (χ0n) is 12.4. The van der Waals surface area contributed by atoms with E-state index in [-0.39, 0.29) is 19.6 Å². The molecule has 1 atom stereocenters. The van der Waals surface area contributed by atoms with Gasteiger partial charge in [0, 0.05) is 12.2 Å². The number of aliphatic hydroxyl groups excluding tert-OH is 1. The Bertz CT molecular complexity index is 547. The Morgan fingerprint density at radius 3 is 2.35 bits per heavy atom. The van der Waals surface area contributed by atoms with Gasteiger partial charge in [-0.25, -0.2) is 9.59 Å². The first-order chi connectivity index (χ1) is 10.9. The number of aliphatic hydroxyl groups is 1. The Morgan fingerprint density at radius 1 is 1.17 bits per heavy atom. The number of benzene rings is 1. The summed E-state index contributed by atoms with van der Waals surface area (Å²) in [5.41, 5.74) is 6.10. The monoisotopic (exact) mass is 324 g/mol. The summed E-state index contributed by atoms with van der Waals surface area (Å²) in [6.45, 7) is 0.135. The number of amides is 4. The summed E-state index contributed by atoms with van der Waals surface area (Å²) in [6.07, 6.45) is -0.735. The lowest BCUT2D eigenvalue weighted by molar-refractivity contribution is -0.118. The molecule has 126 valence electrons. The smallest absolute Gasteiger partial charge is 0.405 e. The van der Waals surface area contributed by atoms with Crippen molar-refractivity contribution in [3.63, 3.8) is 0 Å². The standard InChI is InChI=1S/C14H20N4O5/c15-13(21)16-7-1-2-11(18-14(22)23)12(20)17-10-5-3-9(8-19)4-6-10/h3-6,11,18-19H,1-2,7-8H2,(H,17,20)(H,22,23)(H3,15,16,21)/t11-/m0/s1. The van der Waals surface area contributed by atoms with Crippen LogP contribution in [0.4, 0.5) is 15.3 Å². The molecule has 0 aromatic heterocycles. The highest BCUT2D eigenvalue weighted by atomic mass is 16.4. The lowest BCUT2D eigenvalue weighted by Gasteiger charge is -2.17. The molecule has 0 radical (unpaired) electrons. The van der Waals surface area contributed by atoms with Gasteiger partial charge in [0.25, 0.3) is 0 Å². The van der Waals surface area contributed by atoms with Crippen molar-refractivity contribution in [2.75, 3.05) is 11.9 Å². The third-order valence-corrected chi connectivity index (χ3v) is 2.99. The maximum absolute atomic E-state index is 12.1. The quantitative estimate of drug-likeness (QED) is 0.377. The lowest BCUT2D eigenvalue weighted by atomic mass is 10.1. The zero-order chi connectivity index (χ0) is 17.2. The first-order valence-corrected chi connectivity index (χ1v) is 6.95. The minimum absolute atomic E-state index is 0.107. The van der Waals surface area contributed by atoms with Gasteiger partial charge < -0.3 is 31.9 Å². The summed E-state index contributed by atoms with van der Waals surface area (Å²) >= 11 is 0. The van der Waals surface area contributed by atoms with E-state index in [0.717, 1.165) is 0 Å². The van der Waals surface area contributed by atoms with Crippen LogP contribution >= 0.6 is 0 Å². The second kappa shape index (κ2) is 9.26. The van der Waals surface area contributed by atoms with Crippen molar-refractivity contribution in [3.05, 3.63) is 29.8 Å². The molecule has 0 saturated carbocycles. The van der Waals surface area contributed by atoms with Crippen LogP contribution < -0.4 is 21.7 Å². The molecule has 4 amide bonds. The average Bonchev–Trinajstić information content (AvgIpc) is 2.50. The van der Waals surface area contributed by atoms with Crippen LogP contribution in [0.3, 0.4) is 0 Å². The van der Waals surface area contributed by atoms with Crippen molar-refractivity contribution in [1.82, 2.24) is 10.6 Å². The maximum Gasteiger partial charge on any atom is 0.405 e. The number of anilines is 1. The summed E-state index contributed by atoms with van der Waals surface area (Å²) < 4.78 is 0. The van der Waals surface area contributed by atoms with Gasteiger partial charge in [-0.3, -0.25) is 4.79 Å². The zero-order valence-corrected chi connectivity index (χ0v) is 12.4. The second-order valence-electron chi connectivity index (χ2n) is 4.78. The Kier molecular flexibility index (Phi) is 7.34. The van der Waals surface area contributed by atoms with E-state index in [1.165, 1.54) is 0 Å². The molecule has 9 heteroatoms. The van der Waals surface area contributed by atoms with E-state index in [1.807, 2.05) is 0 Å². The molecule has 23 heavy (non-hydrogen) atoms. The van der Waals surface area contributed by atoms with Crippen molar-refractivity contribution in [3.8, 4) is 0 Å². The van der Waals surface area contributed by atoms with Gasteiger partial charge in [-0.15, -0.1) is 0 Å². The summed E-state index contributed by atoms with van der Waals surface area (Å²) in [7, 11) is 0. The van der Waals surface area contributed by atoms with Gasteiger partial charge >= 0.3 is 12.1 Å². The highest BCUT2D eigenvalue weighted by Crippen LogP contribution is 2.11. The van der Waals surface area contributed by atoms with Crippen LogP contribution in [-0.2, 0) is 11.4 Å². The van der Waals surface area contributed by atoms with Gasteiger partial charge in [-0.1, -0.05) is 12.1 Å². The van der Waals surface area contributed by atoms with Gasteiger partial charge in [0.15, 0.2) is 0 Å². The molecule has 9 nitrogen and oxygen atoms in total. The molecule has 1 aromatic rings. The van der Waals surface area contributed by atoms with Crippen LogP contribution in [0.25, 0.3) is 0 Å². The SMILES string of the molecule is NC(=O)NCCC[C@H](NC(=O)O)C(=O)Nc1ccc(CO)cc1. The van der Waals surface area contributed by atoms with Crippen molar-refractivity contribution >= 4 is 23.7 Å². The first-order valence-electron chi connectivity index (χ1n) is 6.95. The van der Waals surface area contributed by atoms with Crippen molar-refractivity contribution in [1.29, 1.82) is 0 Å². The third-order valence-electron chi connectivity index (χ3n) is 2.99. The van der Waals surface area contributed by atoms with E-state index < -0.39 is 24.1 Å². The molecule has 7 N–H and O–H groups in total. The van der Waals surface area contributed by atoms with E-state index in [1.54, 1.807) is 24.3 Å². The average molecular weight is 324 g/mol. The van der Waals surface area contributed by atoms with E-state index in [9.17, 15) is 14.4 Å². The number of hydrogen-bond acceptors (Lipinski definition) is 4. The molecule has 0 aliphatic heterocycles. The fraction of sp³-hybridized carbons (Fsp3) is 0.357. The topological polar surface area (TPSA) is 154 Å². The molecule has 0 aliphatic carbocycles. The predicted octanol–water partition coefficient (Wildman–Crippen LogP) is 0.202.